The van der Waals surface area contributed by atoms with E-state index in [2.05, 4.69) is 10.1 Å². The van der Waals surface area contributed by atoms with Crippen LogP contribution in [0.25, 0.3) is 11.1 Å². The van der Waals surface area contributed by atoms with E-state index in [0.717, 1.165) is 16.7 Å². The summed E-state index contributed by atoms with van der Waals surface area (Å²) < 4.78 is 5.37. The molecule has 1 aliphatic rings. The maximum absolute atomic E-state index is 11.8. The van der Waals surface area contributed by atoms with Crippen LogP contribution in [0.1, 0.15) is 30.0 Å². The second kappa shape index (κ2) is 5.21. The minimum atomic E-state index is -0.214. The van der Waals surface area contributed by atoms with Crippen molar-refractivity contribution in [3.05, 3.63) is 75.0 Å². The Morgan fingerprint density at radius 3 is 2.70 bits per heavy atom. The van der Waals surface area contributed by atoms with Crippen LogP contribution in [0.4, 0.5) is 0 Å². The van der Waals surface area contributed by atoms with Gasteiger partial charge in [0.1, 0.15) is 6.04 Å². The number of H-pyrrole nitrogens is 1. The van der Waals surface area contributed by atoms with E-state index in [4.69, 9.17) is 21.1 Å². The minimum absolute atomic E-state index is 0.182. The first-order valence-corrected chi connectivity index (χ1v) is 7.53. The van der Waals surface area contributed by atoms with Crippen LogP contribution < -0.4 is 5.56 Å². The van der Waals surface area contributed by atoms with Gasteiger partial charge in [0.2, 0.25) is 5.56 Å². The molecule has 0 radical (unpaired) electrons. The van der Waals surface area contributed by atoms with Crippen molar-refractivity contribution in [2.75, 3.05) is 0 Å². The van der Waals surface area contributed by atoms with Crippen molar-refractivity contribution in [2.24, 2.45) is 4.99 Å². The molecule has 0 amide bonds. The van der Waals surface area contributed by atoms with Crippen LogP contribution in [0, 0.1) is 0 Å². The molecule has 4 rings (SSSR count). The Morgan fingerprint density at radius 2 is 1.91 bits per heavy atom. The zero-order valence-corrected chi connectivity index (χ0v) is 13.0. The van der Waals surface area contributed by atoms with E-state index in [1.165, 1.54) is 6.07 Å². The van der Waals surface area contributed by atoms with Gasteiger partial charge >= 0.3 is 0 Å². The molecule has 0 aliphatic carbocycles. The summed E-state index contributed by atoms with van der Waals surface area (Å²) in [4.78, 5) is 19.5. The molecule has 0 saturated carbocycles. The van der Waals surface area contributed by atoms with Crippen LogP contribution in [0.2, 0.25) is 5.02 Å². The Hall–Kier alpha value is -2.66. The van der Waals surface area contributed by atoms with E-state index >= 15 is 0 Å². The molecule has 1 aliphatic heterocycles. The maximum atomic E-state index is 11.8. The van der Waals surface area contributed by atoms with Gasteiger partial charge in [-0.05, 0) is 25.1 Å². The van der Waals surface area contributed by atoms with Crippen molar-refractivity contribution in [3.8, 4) is 11.1 Å². The third-order valence-corrected chi connectivity index (χ3v) is 4.12. The fraction of sp³-hybridized carbons (Fsp3) is 0.118. The SMILES string of the molecule is CC1N=C(c2ccc(Cl)cc2)c2[nH]c(=O)ccc2-c2cnoc21. The molecule has 0 spiro atoms. The summed E-state index contributed by atoms with van der Waals surface area (Å²) in [5.74, 6) is 0.683. The molecule has 3 aromatic rings. The van der Waals surface area contributed by atoms with Gasteiger partial charge in [-0.25, -0.2) is 0 Å². The predicted molar refractivity (Wildman–Crippen MR) is 88.1 cm³/mol. The van der Waals surface area contributed by atoms with E-state index in [-0.39, 0.29) is 11.6 Å². The molecule has 114 valence electrons. The average molecular weight is 326 g/mol. The molecule has 5 nitrogen and oxygen atoms in total. The third kappa shape index (κ3) is 2.29. The minimum Gasteiger partial charge on any atom is -0.358 e. The van der Waals surface area contributed by atoms with Crippen LogP contribution in [0.3, 0.4) is 0 Å². The zero-order chi connectivity index (χ0) is 16.0. The summed E-state index contributed by atoms with van der Waals surface area (Å²) in [7, 11) is 0. The Balaban J connectivity index is 2.02. The number of halogens is 1. The summed E-state index contributed by atoms with van der Waals surface area (Å²) >= 11 is 5.97. The molecule has 1 aromatic carbocycles. The van der Waals surface area contributed by atoms with E-state index in [1.54, 1.807) is 24.4 Å². The van der Waals surface area contributed by atoms with Gasteiger partial charge < -0.3 is 9.51 Å². The summed E-state index contributed by atoms with van der Waals surface area (Å²) in [6.45, 7) is 1.93. The van der Waals surface area contributed by atoms with Crippen molar-refractivity contribution in [1.29, 1.82) is 0 Å². The van der Waals surface area contributed by atoms with Crippen LogP contribution in [0.5, 0.6) is 0 Å². The summed E-state index contributed by atoms with van der Waals surface area (Å²) in [5.41, 5.74) is 3.75. The quantitative estimate of drug-likeness (QED) is 0.743. The number of benzene rings is 1. The number of fused-ring (bicyclic) bond motifs is 3. The third-order valence-electron chi connectivity index (χ3n) is 3.86. The van der Waals surface area contributed by atoms with Crippen molar-refractivity contribution in [2.45, 2.75) is 13.0 Å². The highest BCUT2D eigenvalue weighted by Gasteiger charge is 2.26. The number of nitrogens with zero attached hydrogens (tertiary/aromatic N) is 2. The van der Waals surface area contributed by atoms with Crippen molar-refractivity contribution >= 4 is 17.3 Å². The average Bonchev–Trinajstić information content (AvgIpc) is 2.99. The standard InChI is InChI=1S/C17H12ClN3O2/c1-9-17-13(8-19-23-17)12-6-7-14(22)21-16(12)15(20-9)10-2-4-11(18)5-3-10/h2-9H,1H3,(H,21,22). The molecule has 6 heteroatoms. The largest absolute Gasteiger partial charge is 0.358 e. The van der Waals surface area contributed by atoms with Crippen LogP contribution in [-0.2, 0) is 0 Å². The molecule has 23 heavy (non-hydrogen) atoms. The molecule has 0 saturated heterocycles. The van der Waals surface area contributed by atoms with Crippen LogP contribution in [0.15, 0.2) is 56.9 Å². The van der Waals surface area contributed by atoms with Gasteiger partial charge in [0.25, 0.3) is 0 Å². The van der Waals surface area contributed by atoms with Crippen LogP contribution >= 0.6 is 11.6 Å². The monoisotopic (exact) mass is 325 g/mol. The summed E-state index contributed by atoms with van der Waals surface area (Å²) in [6, 6.07) is 10.4. The number of pyridine rings is 1. The summed E-state index contributed by atoms with van der Waals surface area (Å²) in [5, 5.41) is 4.52. The Bertz CT molecular complexity index is 970. The molecule has 2 aromatic heterocycles. The first kappa shape index (κ1) is 14.0. The molecule has 1 unspecified atom stereocenters. The normalized spacial score (nSPS) is 16.3. The number of aliphatic imine (C=N–C) groups is 1. The maximum Gasteiger partial charge on any atom is 0.248 e. The molecule has 0 bridgehead atoms. The Morgan fingerprint density at radius 1 is 1.13 bits per heavy atom. The van der Waals surface area contributed by atoms with E-state index in [0.29, 0.717) is 22.2 Å². The number of aromatic nitrogens is 2. The molecule has 1 atom stereocenters. The van der Waals surface area contributed by atoms with E-state index in [9.17, 15) is 4.79 Å². The predicted octanol–water partition coefficient (Wildman–Crippen LogP) is 3.60. The molecule has 0 fully saturated rings. The lowest BCUT2D eigenvalue weighted by Crippen LogP contribution is -2.14. The number of hydrogen-bond acceptors (Lipinski definition) is 4. The number of hydrogen-bond donors (Lipinski definition) is 1. The lowest BCUT2D eigenvalue weighted by atomic mass is 9.99. The zero-order valence-electron chi connectivity index (χ0n) is 12.2. The lowest BCUT2D eigenvalue weighted by molar-refractivity contribution is 0.369. The van der Waals surface area contributed by atoms with E-state index < -0.39 is 0 Å². The van der Waals surface area contributed by atoms with E-state index in [1.807, 2.05) is 19.1 Å². The number of nitrogens with one attached hydrogen (secondary N) is 1. The molecular weight excluding hydrogens is 314 g/mol. The lowest BCUT2D eigenvalue weighted by Gasteiger charge is -2.10. The topological polar surface area (TPSA) is 71.2 Å². The first-order chi connectivity index (χ1) is 11.1. The van der Waals surface area contributed by atoms with Gasteiger partial charge in [-0.15, -0.1) is 0 Å². The summed E-state index contributed by atoms with van der Waals surface area (Å²) in [6.07, 6.45) is 1.66. The van der Waals surface area contributed by atoms with Gasteiger partial charge in [0.15, 0.2) is 5.76 Å². The Kier molecular flexibility index (Phi) is 3.16. The van der Waals surface area contributed by atoms with Crippen molar-refractivity contribution < 1.29 is 4.52 Å². The molecular formula is C17H12ClN3O2. The second-order valence-electron chi connectivity index (χ2n) is 5.38. The van der Waals surface area contributed by atoms with Gasteiger partial charge in [-0.1, -0.05) is 28.9 Å². The smallest absolute Gasteiger partial charge is 0.248 e. The van der Waals surface area contributed by atoms with Crippen LogP contribution in [-0.4, -0.2) is 15.9 Å². The highest BCUT2D eigenvalue weighted by molar-refractivity contribution is 6.30. The Labute approximate surface area is 136 Å². The van der Waals surface area contributed by atoms with Gasteiger partial charge in [-0.3, -0.25) is 9.79 Å². The molecule has 1 N–H and O–H groups in total. The van der Waals surface area contributed by atoms with Gasteiger partial charge in [0.05, 0.1) is 17.6 Å². The van der Waals surface area contributed by atoms with Crippen molar-refractivity contribution in [3.63, 3.8) is 0 Å². The highest BCUT2D eigenvalue weighted by atomic mass is 35.5. The second-order valence-corrected chi connectivity index (χ2v) is 5.81. The van der Waals surface area contributed by atoms with Gasteiger partial charge in [-0.2, -0.15) is 0 Å². The first-order valence-electron chi connectivity index (χ1n) is 7.16. The molecule has 3 heterocycles. The van der Waals surface area contributed by atoms with Crippen molar-refractivity contribution in [1.82, 2.24) is 10.1 Å². The fourth-order valence-corrected chi connectivity index (χ4v) is 2.91. The number of aromatic amines is 1. The highest BCUT2D eigenvalue weighted by Crippen LogP contribution is 2.36. The van der Waals surface area contributed by atoms with Gasteiger partial charge in [0, 0.05) is 27.8 Å². The fourth-order valence-electron chi connectivity index (χ4n) is 2.78. The number of rotatable bonds is 1.